The fourth-order valence-corrected chi connectivity index (χ4v) is 4.21. The zero-order chi connectivity index (χ0) is 23.6. The number of carboxylic acids is 1. The van der Waals surface area contributed by atoms with Gasteiger partial charge in [-0.1, -0.05) is 48.3 Å². The number of nitrogens with one attached hydrogen (secondary N) is 1. The minimum absolute atomic E-state index is 0.143. The molecule has 0 bridgehead atoms. The Morgan fingerprint density at radius 2 is 1.69 bits per heavy atom. The molecule has 0 aromatic heterocycles. The zero-order valence-corrected chi connectivity index (χ0v) is 18.6. The Labute approximate surface area is 193 Å². The molecule has 1 aliphatic carbocycles. The number of benzene rings is 2. The summed E-state index contributed by atoms with van der Waals surface area (Å²) in [5.74, 6) is -5.56. The number of rotatable bonds is 8. The van der Waals surface area contributed by atoms with Crippen LogP contribution in [0.15, 0.2) is 42.5 Å². The normalized spacial score (nSPS) is 16.8. The highest BCUT2D eigenvalue weighted by atomic mass is 35.5. The topological polar surface area (TPSA) is 66.4 Å². The smallest absolute Gasteiger partial charge is 0.392 e. The first kappa shape index (κ1) is 24.4. The van der Waals surface area contributed by atoms with Gasteiger partial charge in [-0.15, -0.1) is 0 Å². The highest BCUT2D eigenvalue weighted by Gasteiger charge is 2.45. The van der Waals surface area contributed by atoms with E-state index in [-0.39, 0.29) is 34.5 Å². The van der Waals surface area contributed by atoms with E-state index >= 15 is 0 Å². The zero-order valence-electron chi connectivity index (χ0n) is 17.1. The van der Waals surface area contributed by atoms with E-state index in [0.29, 0.717) is 10.6 Å². The van der Waals surface area contributed by atoms with E-state index in [1.54, 1.807) is 12.1 Å². The first-order valence-electron chi connectivity index (χ1n) is 10.1. The molecule has 1 amide bonds. The molecule has 3 rings (SSSR count). The van der Waals surface area contributed by atoms with Crippen LogP contribution in [0.4, 0.5) is 18.9 Å². The molecule has 1 aliphatic rings. The predicted molar refractivity (Wildman–Crippen MR) is 117 cm³/mol. The highest BCUT2D eigenvalue weighted by Crippen LogP contribution is 2.47. The van der Waals surface area contributed by atoms with Crippen molar-refractivity contribution in [1.29, 1.82) is 0 Å². The second-order valence-corrected chi connectivity index (χ2v) is 8.99. The van der Waals surface area contributed by atoms with Gasteiger partial charge >= 0.3 is 12.1 Å². The average Bonchev–Trinajstić information content (AvgIpc) is 3.52. The summed E-state index contributed by atoms with van der Waals surface area (Å²) in [6, 6.07) is 10.3. The third-order valence-corrected chi connectivity index (χ3v) is 6.27. The number of alkyl halides is 3. The largest absolute Gasteiger partial charge is 0.481 e. The molecule has 4 nitrogen and oxygen atoms in total. The predicted octanol–water partition coefficient (Wildman–Crippen LogP) is 6.88. The Morgan fingerprint density at radius 3 is 2.22 bits per heavy atom. The number of carboxylic acid groups (broad SMARTS) is 1. The summed E-state index contributed by atoms with van der Waals surface area (Å²) >= 11 is 12.0. The summed E-state index contributed by atoms with van der Waals surface area (Å²) < 4.78 is 40.8. The van der Waals surface area contributed by atoms with Gasteiger partial charge in [-0.25, -0.2) is 0 Å². The van der Waals surface area contributed by atoms with Gasteiger partial charge in [0.15, 0.2) is 0 Å². The number of aliphatic carboxylic acids is 1. The van der Waals surface area contributed by atoms with Crippen molar-refractivity contribution in [3.05, 3.63) is 63.6 Å². The van der Waals surface area contributed by atoms with Gasteiger partial charge in [-0.2, -0.15) is 13.2 Å². The van der Waals surface area contributed by atoms with Crippen LogP contribution in [0.25, 0.3) is 0 Å². The summed E-state index contributed by atoms with van der Waals surface area (Å²) in [4.78, 5) is 24.6. The summed E-state index contributed by atoms with van der Waals surface area (Å²) in [5, 5.41) is 12.5. The van der Waals surface area contributed by atoms with E-state index < -0.39 is 29.9 Å². The molecule has 0 saturated heterocycles. The lowest BCUT2D eigenvalue weighted by Gasteiger charge is -2.27. The van der Waals surface area contributed by atoms with Gasteiger partial charge in [-0.3, -0.25) is 9.59 Å². The van der Waals surface area contributed by atoms with Crippen molar-refractivity contribution in [2.24, 2.45) is 11.8 Å². The molecule has 2 aromatic carbocycles. The molecular weight excluding hydrogens is 466 g/mol. The number of hydrogen-bond donors (Lipinski definition) is 2. The Kier molecular flexibility index (Phi) is 7.40. The third-order valence-electron chi connectivity index (χ3n) is 5.79. The van der Waals surface area contributed by atoms with E-state index in [9.17, 15) is 27.9 Å². The van der Waals surface area contributed by atoms with E-state index in [1.807, 2.05) is 0 Å². The minimum Gasteiger partial charge on any atom is -0.481 e. The van der Waals surface area contributed by atoms with Gasteiger partial charge in [0.1, 0.15) is 0 Å². The van der Waals surface area contributed by atoms with Crippen LogP contribution in [0.2, 0.25) is 10.0 Å². The fourth-order valence-electron chi connectivity index (χ4n) is 3.91. The maximum absolute atomic E-state index is 13.6. The van der Waals surface area contributed by atoms with Crippen LogP contribution in [-0.4, -0.2) is 23.2 Å². The first-order chi connectivity index (χ1) is 15.0. The lowest BCUT2D eigenvalue weighted by atomic mass is 9.85. The molecule has 2 aromatic rings. The van der Waals surface area contributed by atoms with Crippen LogP contribution in [-0.2, 0) is 9.59 Å². The number of halogens is 5. The molecule has 1 unspecified atom stereocenters. The first-order valence-corrected chi connectivity index (χ1v) is 10.9. The van der Waals surface area contributed by atoms with E-state index in [2.05, 4.69) is 5.32 Å². The molecule has 0 heterocycles. The third kappa shape index (κ3) is 5.95. The van der Waals surface area contributed by atoms with E-state index in [0.717, 1.165) is 19.8 Å². The molecule has 2 N–H and O–H groups in total. The molecule has 3 atom stereocenters. The van der Waals surface area contributed by atoms with Crippen molar-refractivity contribution >= 4 is 40.8 Å². The second kappa shape index (κ2) is 9.71. The van der Waals surface area contributed by atoms with E-state index in [1.165, 1.54) is 30.3 Å². The maximum atomic E-state index is 13.6. The molecule has 1 saturated carbocycles. The number of carbonyl (C=O) groups excluding carboxylic acids is 1. The number of amides is 1. The molecule has 0 spiro atoms. The van der Waals surface area contributed by atoms with Gasteiger partial charge in [0.05, 0.1) is 18.3 Å². The lowest BCUT2D eigenvalue weighted by molar-refractivity contribution is -0.178. The van der Waals surface area contributed by atoms with Crippen LogP contribution in [0.3, 0.4) is 0 Å². The van der Waals surface area contributed by atoms with E-state index in [4.69, 9.17) is 23.2 Å². The van der Waals surface area contributed by atoms with Crippen molar-refractivity contribution in [3.8, 4) is 0 Å². The SMILES string of the molecule is C[C@H]([C@H](C(=O)Nc1cc(Cl)ccc1C(CC(=O)O)C1CC1)c1ccc(Cl)cc1)C(F)(F)F. The summed E-state index contributed by atoms with van der Waals surface area (Å²) in [7, 11) is 0. The molecule has 9 heteroatoms. The quantitative estimate of drug-likeness (QED) is 0.426. The Bertz CT molecular complexity index is 991. The standard InChI is InChI=1S/C23H22Cl2F3NO3/c1-12(23(26,27)28)21(14-4-6-15(24)7-5-14)22(32)29-19-10-16(25)8-9-17(19)18(11-20(30)31)13-2-3-13/h4-10,12-13,18,21H,2-3,11H2,1H3,(H,29,32)(H,30,31)/t12-,18?,21+/m1/s1. The van der Waals surface area contributed by atoms with Crippen LogP contribution in [0.5, 0.6) is 0 Å². The lowest BCUT2D eigenvalue weighted by Crippen LogP contribution is -2.34. The van der Waals surface area contributed by atoms with Crippen molar-refractivity contribution < 1.29 is 27.9 Å². The molecule has 32 heavy (non-hydrogen) atoms. The van der Waals surface area contributed by atoms with Crippen molar-refractivity contribution in [2.75, 3.05) is 5.32 Å². The molecule has 1 fully saturated rings. The van der Waals surface area contributed by atoms with Crippen LogP contribution >= 0.6 is 23.2 Å². The molecule has 172 valence electrons. The minimum atomic E-state index is -4.61. The van der Waals surface area contributed by atoms with Gasteiger partial charge < -0.3 is 10.4 Å². The van der Waals surface area contributed by atoms with Crippen molar-refractivity contribution in [1.82, 2.24) is 0 Å². The van der Waals surface area contributed by atoms with Crippen LogP contribution in [0.1, 0.15) is 49.1 Å². The molecule has 0 radical (unpaired) electrons. The van der Waals surface area contributed by atoms with Gasteiger partial charge in [0.2, 0.25) is 5.91 Å². The summed E-state index contributed by atoms with van der Waals surface area (Å²) in [6.07, 6.45) is -3.05. The van der Waals surface area contributed by atoms with Crippen molar-refractivity contribution in [2.45, 2.75) is 44.2 Å². The van der Waals surface area contributed by atoms with Gasteiger partial charge in [0, 0.05) is 15.7 Å². The molecule has 0 aliphatic heterocycles. The van der Waals surface area contributed by atoms with Crippen molar-refractivity contribution in [3.63, 3.8) is 0 Å². The number of anilines is 1. The van der Waals surface area contributed by atoms with Gasteiger partial charge in [0.25, 0.3) is 0 Å². The second-order valence-electron chi connectivity index (χ2n) is 8.12. The van der Waals surface area contributed by atoms with Gasteiger partial charge in [-0.05, 0) is 60.1 Å². The fraction of sp³-hybridized carbons (Fsp3) is 0.391. The molecular formula is C23H22Cl2F3NO3. The number of carbonyl (C=O) groups is 2. The average molecular weight is 488 g/mol. The van der Waals surface area contributed by atoms with Crippen LogP contribution in [0, 0.1) is 11.8 Å². The number of hydrogen-bond acceptors (Lipinski definition) is 2. The van der Waals surface area contributed by atoms with Crippen LogP contribution < -0.4 is 5.32 Å². The monoisotopic (exact) mass is 487 g/mol. The maximum Gasteiger partial charge on any atom is 0.392 e. The highest BCUT2D eigenvalue weighted by molar-refractivity contribution is 6.31. The Balaban J connectivity index is 1.98. The Hall–Kier alpha value is -2.25. The Morgan fingerprint density at radius 1 is 1.09 bits per heavy atom. The summed E-state index contributed by atoms with van der Waals surface area (Å²) in [5.41, 5.74) is 0.959. The summed E-state index contributed by atoms with van der Waals surface area (Å²) in [6.45, 7) is 0.954.